The van der Waals surface area contributed by atoms with Crippen LogP contribution in [0.2, 0.25) is 0 Å². The largest absolute Gasteiger partial charge is 0.494 e. The third kappa shape index (κ3) is 6.17. The van der Waals surface area contributed by atoms with Crippen molar-refractivity contribution >= 4 is 21.6 Å². The number of nitrogens with one attached hydrogen (secondary N) is 1. The number of carbonyl (C=O) groups is 1. The number of amides is 1. The van der Waals surface area contributed by atoms with Gasteiger partial charge >= 0.3 is 0 Å². The molecule has 0 aromatic heterocycles. The lowest BCUT2D eigenvalue weighted by molar-refractivity contribution is -0.116. The molecule has 0 spiro atoms. The van der Waals surface area contributed by atoms with Gasteiger partial charge in [-0.15, -0.1) is 0 Å². The molecule has 6 nitrogen and oxygen atoms in total. The third-order valence-corrected chi connectivity index (χ3v) is 4.18. The highest BCUT2D eigenvalue weighted by molar-refractivity contribution is 7.89. The summed E-state index contributed by atoms with van der Waals surface area (Å²) in [7, 11) is -4.05. The van der Waals surface area contributed by atoms with Gasteiger partial charge in [-0.3, -0.25) is 4.79 Å². The third-order valence-electron chi connectivity index (χ3n) is 3.29. The van der Waals surface area contributed by atoms with Crippen molar-refractivity contribution in [3.05, 3.63) is 53.8 Å². The average Bonchev–Trinajstić information content (AvgIpc) is 2.50. The number of anilines is 1. The van der Waals surface area contributed by atoms with Gasteiger partial charge in [-0.2, -0.15) is 0 Å². The van der Waals surface area contributed by atoms with Crippen LogP contribution in [0.1, 0.15) is 18.4 Å². The molecular formula is C17H19FN2O4S. The van der Waals surface area contributed by atoms with Crippen molar-refractivity contribution in [2.75, 3.05) is 11.9 Å². The maximum atomic E-state index is 13.4. The number of halogens is 1. The first-order valence-corrected chi connectivity index (χ1v) is 9.11. The molecule has 0 fully saturated rings. The number of nitrogens with two attached hydrogens (primary N) is 1. The van der Waals surface area contributed by atoms with Crippen LogP contribution in [0, 0.1) is 12.7 Å². The summed E-state index contributed by atoms with van der Waals surface area (Å²) < 4.78 is 41.5. The van der Waals surface area contributed by atoms with Crippen molar-refractivity contribution in [3.8, 4) is 5.75 Å². The maximum Gasteiger partial charge on any atom is 0.238 e. The van der Waals surface area contributed by atoms with E-state index in [1.807, 2.05) is 31.2 Å². The molecule has 8 heteroatoms. The zero-order valence-electron chi connectivity index (χ0n) is 13.7. The number of benzene rings is 2. The number of rotatable bonds is 7. The van der Waals surface area contributed by atoms with Gasteiger partial charge < -0.3 is 10.1 Å². The van der Waals surface area contributed by atoms with Gasteiger partial charge in [-0.1, -0.05) is 12.1 Å². The molecule has 2 aromatic rings. The van der Waals surface area contributed by atoms with Crippen LogP contribution in [0.3, 0.4) is 0 Å². The summed E-state index contributed by atoms with van der Waals surface area (Å²) in [4.78, 5) is 11.5. The second-order valence-electron chi connectivity index (χ2n) is 5.54. The normalized spacial score (nSPS) is 11.2. The minimum absolute atomic E-state index is 0.0358. The lowest BCUT2D eigenvalue weighted by atomic mass is 10.2. The van der Waals surface area contributed by atoms with E-state index >= 15 is 0 Å². The SMILES string of the molecule is Cc1cccc(OCCCC(=O)Nc2cc(F)cc(S(N)(=O)=O)c2)c1. The molecule has 0 heterocycles. The number of carbonyl (C=O) groups excluding carboxylic acids is 1. The highest BCUT2D eigenvalue weighted by Gasteiger charge is 2.12. The highest BCUT2D eigenvalue weighted by Crippen LogP contribution is 2.18. The fraction of sp³-hybridized carbons (Fsp3) is 0.235. The van der Waals surface area contributed by atoms with Crippen molar-refractivity contribution in [2.24, 2.45) is 5.14 Å². The van der Waals surface area contributed by atoms with Gasteiger partial charge in [0.2, 0.25) is 15.9 Å². The van der Waals surface area contributed by atoms with E-state index in [-0.39, 0.29) is 18.0 Å². The predicted octanol–water partition coefficient (Wildman–Crippen LogP) is 2.58. The summed E-state index contributed by atoms with van der Waals surface area (Å²) in [5.74, 6) is -0.452. The molecule has 25 heavy (non-hydrogen) atoms. The Morgan fingerprint density at radius 3 is 2.68 bits per heavy atom. The van der Waals surface area contributed by atoms with E-state index in [9.17, 15) is 17.6 Å². The lowest BCUT2D eigenvalue weighted by Crippen LogP contribution is -2.15. The van der Waals surface area contributed by atoms with E-state index in [4.69, 9.17) is 9.88 Å². The molecule has 0 aliphatic carbocycles. The van der Waals surface area contributed by atoms with Gasteiger partial charge in [-0.25, -0.2) is 17.9 Å². The van der Waals surface area contributed by atoms with Crippen molar-refractivity contribution in [1.29, 1.82) is 0 Å². The Balaban J connectivity index is 1.85. The van der Waals surface area contributed by atoms with Gasteiger partial charge in [0.05, 0.1) is 11.5 Å². The number of ether oxygens (including phenoxy) is 1. The zero-order chi connectivity index (χ0) is 18.4. The summed E-state index contributed by atoms with van der Waals surface area (Å²) in [5.41, 5.74) is 1.11. The molecular weight excluding hydrogens is 347 g/mol. The number of sulfonamides is 1. The fourth-order valence-corrected chi connectivity index (χ4v) is 2.72. The van der Waals surface area contributed by atoms with Crippen molar-refractivity contribution < 1.29 is 22.3 Å². The average molecular weight is 366 g/mol. The first kappa shape index (κ1) is 18.9. The Morgan fingerprint density at radius 1 is 1.24 bits per heavy atom. The lowest BCUT2D eigenvalue weighted by Gasteiger charge is -2.09. The van der Waals surface area contributed by atoms with E-state index in [0.717, 1.165) is 29.5 Å². The van der Waals surface area contributed by atoms with E-state index in [1.165, 1.54) is 0 Å². The van der Waals surface area contributed by atoms with Crippen molar-refractivity contribution in [1.82, 2.24) is 0 Å². The molecule has 0 aliphatic rings. The van der Waals surface area contributed by atoms with Crippen molar-refractivity contribution in [2.45, 2.75) is 24.7 Å². The van der Waals surface area contributed by atoms with Crippen LogP contribution in [-0.2, 0) is 14.8 Å². The van der Waals surface area contributed by atoms with Gasteiger partial charge in [-0.05, 0) is 49.2 Å². The van der Waals surface area contributed by atoms with Crippen LogP contribution in [-0.4, -0.2) is 20.9 Å². The quantitative estimate of drug-likeness (QED) is 0.736. The van der Waals surface area contributed by atoms with E-state index in [1.54, 1.807) is 0 Å². The summed E-state index contributed by atoms with van der Waals surface area (Å²) in [6.07, 6.45) is 0.601. The Morgan fingerprint density at radius 2 is 2.00 bits per heavy atom. The second kappa shape index (κ2) is 8.09. The van der Waals surface area contributed by atoms with Crippen LogP contribution >= 0.6 is 0 Å². The summed E-state index contributed by atoms with van der Waals surface area (Å²) in [6, 6.07) is 10.5. The van der Waals surface area contributed by atoms with Gasteiger partial charge in [0, 0.05) is 12.1 Å². The Kier molecular flexibility index (Phi) is 6.11. The van der Waals surface area contributed by atoms with Crippen LogP contribution in [0.5, 0.6) is 5.75 Å². The highest BCUT2D eigenvalue weighted by atomic mass is 32.2. The standard InChI is InChI=1S/C17H19FN2O4S/c1-12-4-2-5-15(8-12)24-7-3-6-17(21)20-14-9-13(18)10-16(11-14)25(19,22)23/h2,4-5,8-11H,3,6-7H2,1H3,(H,20,21)(H2,19,22,23). The maximum absolute atomic E-state index is 13.4. The van der Waals surface area contributed by atoms with Crippen LogP contribution in [0.4, 0.5) is 10.1 Å². The smallest absolute Gasteiger partial charge is 0.238 e. The fourth-order valence-electron chi connectivity index (χ4n) is 2.15. The molecule has 0 radical (unpaired) electrons. The molecule has 0 aliphatic heterocycles. The van der Waals surface area contributed by atoms with Crippen LogP contribution in [0.15, 0.2) is 47.4 Å². The first-order chi connectivity index (χ1) is 11.7. The Hall–Kier alpha value is -2.45. The molecule has 134 valence electrons. The molecule has 0 saturated heterocycles. The van der Waals surface area contributed by atoms with Crippen LogP contribution in [0.25, 0.3) is 0 Å². The topological polar surface area (TPSA) is 98.5 Å². The van der Waals surface area contributed by atoms with E-state index in [2.05, 4.69) is 5.32 Å². The molecule has 0 saturated carbocycles. The molecule has 0 unspecified atom stereocenters. The van der Waals surface area contributed by atoms with Crippen LogP contribution < -0.4 is 15.2 Å². The number of hydrogen-bond donors (Lipinski definition) is 2. The monoisotopic (exact) mass is 366 g/mol. The van der Waals surface area contributed by atoms with Gasteiger partial charge in [0.1, 0.15) is 11.6 Å². The summed E-state index contributed by atoms with van der Waals surface area (Å²) in [5, 5.41) is 7.41. The molecule has 1 amide bonds. The molecule has 0 bridgehead atoms. The van der Waals surface area contributed by atoms with Crippen molar-refractivity contribution in [3.63, 3.8) is 0 Å². The van der Waals surface area contributed by atoms with E-state index in [0.29, 0.717) is 13.0 Å². The first-order valence-electron chi connectivity index (χ1n) is 7.57. The summed E-state index contributed by atoms with van der Waals surface area (Å²) >= 11 is 0. The van der Waals surface area contributed by atoms with E-state index < -0.39 is 20.7 Å². The molecule has 2 rings (SSSR count). The molecule has 0 atom stereocenters. The minimum atomic E-state index is -4.05. The van der Waals surface area contributed by atoms with Gasteiger partial charge in [0.15, 0.2) is 0 Å². The number of hydrogen-bond acceptors (Lipinski definition) is 4. The number of primary sulfonamides is 1. The molecule has 2 aromatic carbocycles. The van der Waals surface area contributed by atoms with Gasteiger partial charge in [0.25, 0.3) is 0 Å². The Labute approximate surface area is 145 Å². The minimum Gasteiger partial charge on any atom is -0.494 e. The second-order valence-corrected chi connectivity index (χ2v) is 7.10. The summed E-state index contributed by atoms with van der Waals surface area (Å²) in [6.45, 7) is 2.30. The Bertz CT molecular complexity index is 869. The number of aryl methyl sites for hydroxylation is 1. The molecule has 3 N–H and O–H groups in total. The predicted molar refractivity (Wildman–Crippen MR) is 92.3 cm³/mol. The zero-order valence-corrected chi connectivity index (χ0v) is 14.5.